The van der Waals surface area contributed by atoms with Crippen molar-refractivity contribution in [2.75, 3.05) is 56.5 Å². The van der Waals surface area contributed by atoms with Crippen LogP contribution in [0.3, 0.4) is 0 Å². The molecule has 1 aromatic carbocycles. The highest BCUT2D eigenvalue weighted by molar-refractivity contribution is 5.93. The number of para-hydroxylation sites is 2. The van der Waals surface area contributed by atoms with E-state index in [4.69, 9.17) is 0 Å². The summed E-state index contributed by atoms with van der Waals surface area (Å²) in [7, 11) is 2.15. The van der Waals surface area contributed by atoms with Gasteiger partial charge in [-0.3, -0.25) is 0 Å². The lowest BCUT2D eigenvalue weighted by atomic mass is 10.1. The highest BCUT2D eigenvalue weighted by Crippen LogP contribution is 2.29. The molecular weight excluding hydrogens is 312 g/mol. The fraction of sp³-hybridized carbons (Fsp3) is 0.650. The topological polar surface area (TPSA) is 38.8 Å². The molecule has 0 aromatic heterocycles. The van der Waals surface area contributed by atoms with E-state index in [1.54, 1.807) is 0 Å². The number of urea groups is 1. The number of nitrogens with zero attached hydrogens (tertiary/aromatic N) is 3. The number of rotatable bonds is 5. The SMILES string of the molecule is CCN(C)CC1CCN(C(=O)Nc2ccccc2N2CCCCC2)C1. The molecule has 2 saturated heterocycles. The predicted octanol–water partition coefficient (Wildman–Crippen LogP) is 3.48. The zero-order valence-corrected chi connectivity index (χ0v) is 15.7. The molecule has 2 fully saturated rings. The van der Waals surface area contributed by atoms with Gasteiger partial charge < -0.3 is 20.0 Å². The van der Waals surface area contributed by atoms with E-state index in [-0.39, 0.29) is 6.03 Å². The van der Waals surface area contributed by atoms with Gasteiger partial charge in [0.05, 0.1) is 11.4 Å². The number of carbonyl (C=O) groups excluding carboxylic acids is 1. The van der Waals surface area contributed by atoms with E-state index in [2.05, 4.69) is 41.2 Å². The molecule has 25 heavy (non-hydrogen) atoms. The molecular formula is C20H32N4O. The van der Waals surface area contributed by atoms with Gasteiger partial charge in [-0.05, 0) is 57.3 Å². The smallest absolute Gasteiger partial charge is 0.321 e. The Morgan fingerprint density at radius 1 is 1.20 bits per heavy atom. The number of amides is 2. The Hall–Kier alpha value is -1.75. The Morgan fingerprint density at radius 3 is 2.72 bits per heavy atom. The van der Waals surface area contributed by atoms with E-state index in [9.17, 15) is 4.79 Å². The van der Waals surface area contributed by atoms with E-state index in [1.807, 2.05) is 17.0 Å². The standard InChI is InChI=1S/C20H32N4O/c1-3-22(2)15-17-11-14-24(16-17)20(25)21-18-9-5-6-10-19(18)23-12-7-4-8-13-23/h5-6,9-10,17H,3-4,7-8,11-16H2,1-2H3,(H,21,25). The number of piperidine rings is 1. The number of benzene rings is 1. The Balaban J connectivity index is 1.60. The van der Waals surface area contributed by atoms with Gasteiger partial charge in [0.2, 0.25) is 0 Å². The molecule has 138 valence electrons. The van der Waals surface area contributed by atoms with Crippen molar-refractivity contribution in [1.29, 1.82) is 0 Å². The van der Waals surface area contributed by atoms with Crippen molar-refractivity contribution >= 4 is 17.4 Å². The van der Waals surface area contributed by atoms with Crippen LogP contribution in [-0.2, 0) is 0 Å². The molecule has 2 aliphatic heterocycles. The van der Waals surface area contributed by atoms with Crippen LogP contribution < -0.4 is 10.2 Å². The van der Waals surface area contributed by atoms with Gasteiger partial charge in [0, 0.05) is 32.7 Å². The molecule has 0 radical (unpaired) electrons. The molecule has 1 aromatic rings. The summed E-state index contributed by atoms with van der Waals surface area (Å²) in [5.74, 6) is 0.591. The van der Waals surface area contributed by atoms with Crippen molar-refractivity contribution in [1.82, 2.24) is 9.80 Å². The largest absolute Gasteiger partial charge is 0.370 e. The zero-order valence-electron chi connectivity index (χ0n) is 15.7. The molecule has 2 aliphatic rings. The summed E-state index contributed by atoms with van der Waals surface area (Å²) in [6, 6.07) is 8.27. The van der Waals surface area contributed by atoms with Crippen molar-refractivity contribution in [3.8, 4) is 0 Å². The van der Waals surface area contributed by atoms with E-state index < -0.39 is 0 Å². The van der Waals surface area contributed by atoms with Crippen molar-refractivity contribution in [3.05, 3.63) is 24.3 Å². The van der Waals surface area contributed by atoms with Gasteiger partial charge in [-0.2, -0.15) is 0 Å². The van der Waals surface area contributed by atoms with Crippen LogP contribution in [0, 0.1) is 5.92 Å². The lowest BCUT2D eigenvalue weighted by molar-refractivity contribution is 0.218. The number of hydrogen-bond donors (Lipinski definition) is 1. The first-order valence-corrected chi connectivity index (χ1v) is 9.76. The Labute approximate surface area is 152 Å². The number of hydrogen-bond acceptors (Lipinski definition) is 3. The van der Waals surface area contributed by atoms with Gasteiger partial charge >= 0.3 is 6.03 Å². The van der Waals surface area contributed by atoms with Crippen LogP contribution in [0.15, 0.2) is 24.3 Å². The van der Waals surface area contributed by atoms with Crippen LogP contribution in [-0.4, -0.2) is 62.1 Å². The number of anilines is 2. The van der Waals surface area contributed by atoms with Gasteiger partial charge in [0.25, 0.3) is 0 Å². The van der Waals surface area contributed by atoms with Gasteiger partial charge in [-0.1, -0.05) is 19.1 Å². The summed E-state index contributed by atoms with van der Waals surface area (Å²) < 4.78 is 0. The monoisotopic (exact) mass is 344 g/mol. The third kappa shape index (κ3) is 4.66. The number of carbonyl (C=O) groups is 1. The molecule has 3 rings (SSSR count). The Bertz CT molecular complexity index is 571. The highest BCUT2D eigenvalue weighted by Gasteiger charge is 2.27. The summed E-state index contributed by atoms with van der Waals surface area (Å²) in [4.78, 5) is 19.4. The van der Waals surface area contributed by atoms with Crippen LogP contribution >= 0.6 is 0 Å². The first kappa shape index (κ1) is 18.1. The molecule has 0 saturated carbocycles. The van der Waals surface area contributed by atoms with E-state index in [1.165, 1.54) is 19.3 Å². The first-order chi connectivity index (χ1) is 12.2. The minimum Gasteiger partial charge on any atom is -0.370 e. The summed E-state index contributed by atoms with van der Waals surface area (Å²) in [6.07, 6.45) is 4.89. The lowest BCUT2D eigenvalue weighted by Crippen LogP contribution is -2.35. The minimum absolute atomic E-state index is 0.0473. The van der Waals surface area contributed by atoms with Crippen molar-refractivity contribution in [3.63, 3.8) is 0 Å². The minimum atomic E-state index is 0.0473. The molecule has 1 unspecified atom stereocenters. The van der Waals surface area contributed by atoms with E-state index in [0.717, 1.165) is 57.1 Å². The number of likely N-dealkylation sites (tertiary alicyclic amines) is 1. The van der Waals surface area contributed by atoms with Crippen molar-refractivity contribution in [2.24, 2.45) is 5.92 Å². The maximum absolute atomic E-state index is 12.7. The third-order valence-electron chi connectivity index (χ3n) is 5.53. The quantitative estimate of drug-likeness (QED) is 0.889. The summed E-state index contributed by atoms with van der Waals surface area (Å²) in [5, 5.41) is 3.17. The normalized spacial score (nSPS) is 21.0. The van der Waals surface area contributed by atoms with Crippen LogP contribution in [0.2, 0.25) is 0 Å². The van der Waals surface area contributed by atoms with Crippen molar-refractivity contribution in [2.45, 2.75) is 32.6 Å². The fourth-order valence-corrected chi connectivity index (χ4v) is 3.92. The number of nitrogens with one attached hydrogen (secondary N) is 1. The van der Waals surface area contributed by atoms with E-state index >= 15 is 0 Å². The van der Waals surface area contributed by atoms with Gasteiger partial charge in [-0.15, -0.1) is 0 Å². The Kier molecular flexibility index (Phi) is 6.19. The molecule has 2 heterocycles. The maximum atomic E-state index is 12.7. The third-order valence-corrected chi connectivity index (χ3v) is 5.53. The molecule has 0 spiro atoms. The van der Waals surface area contributed by atoms with Gasteiger partial charge in [0.15, 0.2) is 0 Å². The maximum Gasteiger partial charge on any atom is 0.321 e. The highest BCUT2D eigenvalue weighted by atomic mass is 16.2. The van der Waals surface area contributed by atoms with Crippen LogP contribution in [0.25, 0.3) is 0 Å². The van der Waals surface area contributed by atoms with Gasteiger partial charge in [0.1, 0.15) is 0 Å². The molecule has 2 amide bonds. The molecule has 1 atom stereocenters. The van der Waals surface area contributed by atoms with Crippen LogP contribution in [0.4, 0.5) is 16.2 Å². The molecule has 5 nitrogen and oxygen atoms in total. The average molecular weight is 345 g/mol. The lowest BCUT2D eigenvalue weighted by Gasteiger charge is -2.31. The van der Waals surface area contributed by atoms with E-state index in [0.29, 0.717) is 5.92 Å². The molecule has 5 heteroatoms. The van der Waals surface area contributed by atoms with Crippen LogP contribution in [0.1, 0.15) is 32.6 Å². The first-order valence-electron chi connectivity index (χ1n) is 9.76. The molecule has 1 N–H and O–H groups in total. The zero-order chi connectivity index (χ0) is 17.6. The summed E-state index contributed by atoms with van der Waals surface area (Å²) in [5.41, 5.74) is 2.11. The predicted molar refractivity (Wildman–Crippen MR) is 104 cm³/mol. The second kappa shape index (κ2) is 8.56. The fourth-order valence-electron chi connectivity index (χ4n) is 3.92. The summed E-state index contributed by atoms with van der Waals surface area (Å²) >= 11 is 0. The second-order valence-electron chi connectivity index (χ2n) is 7.45. The second-order valence-corrected chi connectivity index (χ2v) is 7.45. The Morgan fingerprint density at radius 2 is 1.96 bits per heavy atom. The molecule has 0 bridgehead atoms. The summed E-state index contributed by atoms with van der Waals surface area (Å²) in [6.45, 7) is 8.21. The molecule has 0 aliphatic carbocycles. The van der Waals surface area contributed by atoms with Crippen molar-refractivity contribution < 1.29 is 4.79 Å². The average Bonchev–Trinajstić information content (AvgIpc) is 3.11. The van der Waals surface area contributed by atoms with Gasteiger partial charge in [-0.25, -0.2) is 4.79 Å². The van der Waals surface area contributed by atoms with Crippen LogP contribution in [0.5, 0.6) is 0 Å².